The van der Waals surface area contributed by atoms with Crippen LogP contribution in [0.25, 0.3) is 5.57 Å². The number of ether oxygens (including phenoxy) is 2. The summed E-state index contributed by atoms with van der Waals surface area (Å²) in [6.45, 7) is 7.12. The number of rotatable bonds is 7. The molecule has 0 aliphatic carbocycles. The molecule has 1 N–H and O–H groups in total. The number of nitrogens with zero attached hydrogens (tertiary/aromatic N) is 1. The summed E-state index contributed by atoms with van der Waals surface area (Å²) >= 11 is 0. The Hall–Kier alpha value is -3.60. The quantitative estimate of drug-likeness (QED) is 0.599. The minimum Gasteiger partial charge on any atom is -0.493 e. The van der Waals surface area contributed by atoms with Crippen molar-refractivity contribution in [2.75, 3.05) is 6.61 Å². The number of fused-ring (bicyclic) bond motifs is 1. The fraction of sp³-hybridized carbons (Fsp3) is 0.231. The van der Waals surface area contributed by atoms with Crippen LogP contribution < -0.4 is 14.8 Å². The van der Waals surface area contributed by atoms with Crippen molar-refractivity contribution in [3.63, 3.8) is 0 Å². The summed E-state index contributed by atoms with van der Waals surface area (Å²) in [6.07, 6.45) is 2.81. The van der Waals surface area contributed by atoms with E-state index in [4.69, 9.17) is 9.47 Å². The molecule has 4 rings (SSSR count). The summed E-state index contributed by atoms with van der Waals surface area (Å²) in [6, 6.07) is 19.4. The van der Waals surface area contributed by atoms with Crippen molar-refractivity contribution >= 4 is 11.5 Å². The van der Waals surface area contributed by atoms with Gasteiger partial charge in [0.05, 0.1) is 31.0 Å². The van der Waals surface area contributed by atoms with Gasteiger partial charge in [-0.3, -0.25) is 9.78 Å². The van der Waals surface area contributed by atoms with Gasteiger partial charge in [-0.05, 0) is 41.8 Å². The Bertz CT molecular complexity index is 1060. The zero-order valence-corrected chi connectivity index (χ0v) is 17.6. The number of aromatic nitrogens is 1. The summed E-state index contributed by atoms with van der Waals surface area (Å²) in [4.78, 5) is 17.0. The summed E-state index contributed by atoms with van der Waals surface area (Å²) in [5.41, 5.74) is 4.90. The Balaban J connectivity index is 1.31. The summed E-state index contributed by atoms with van der Waals surface area (Å²) < 4.78 is 11.5. The standard InChI is InChI=1S/C26H26N2O3/c1-18-12-13-30-25-14-21(8-10-23(18)25)15-26(29)28-19(2)24-11-9-22(16-27-24)31-17-20-6-4-3-5-7-20/h3-11,14,16,19H,1,12-13,15,17H2,2H3,(H,28,29)/t19-/m1/s1. The molecule has 1 amide bonds. The SMILES string of the molecule is C=C1CCOc2cc(CC(=O)N[C@H](C)c3ccc(OCc4ccccc4)cn3)ccc21. The van der Waals surface area contributed by atoms with E-state index >= 15 is 0 Å². The molecule has 0 unspecified atom stereocenters. The van der Waals surface area contributed by atoms with Gasteiger partial charge >= 0.3 is 0 Å². The van der Waals surface area contributed by atoms with Gasteiger partial charge in [-0.1, -0.05) is 49.0 Å². The van der Waals surface area contributed by atoms with Gasteiger partial charge in [0.1, 0.15) is 18.1 Å². The van der Waals surface area contributed by atoms with E-state index in [2.05, 4.69) is 16.9 Å². The molecular weight excluding hydrogens is 388 g/mol. The molecule has 1 aliphatic rings. The van der Waals surface area contributed by atoms with Crippen LogP contribution in [0.5, 0.6) is 11.5 Å². The lowest BCUT2D eigenvalue weighted by molar-refractivity contribution is -0.121. The maximum atomic E-state index is 12.5. The fourth-order valence-corrected chi connectivity index (χ4v) is 3.53. The van der Waals surface area contributed by atoms with Crippen molar-refractivity contribution in [1.29, 1.82) is 0 Å². The van der Waals surface area contributed by atoms with Gasteiger partial charge in [-0.2, -0.15) is 0 Å². The van der Waals surface area contributed by atoms with E-state index in [1.807, 2.05) is 67.6 Å². The van der Waals surface area contributed by atoms with Crippen molar-refractivity contribution < 1.29 is 14.3 Å². The first-order chi connectivity index (χ1) is 15.1. The first-order valence-corrected chi connectivity index (χ1v) is 10.4. The van der Waals surface area contributed by atoms with Gasteiger partial charge in [-0.15, -0.1) is 0 Å². The molecule has 0 fully saturated rings. The van der Waals surface area contributed by atoms with Gasteiger partial charge in [0.2, 0.25) is 5.91 Å². The van der Waals surface area contributed by atoms with Crippen molar-refractivity contribution in [3.05, 3.63) is 95.8 Å². The van der Waals surface area contributed by atoms with Crippen molar-refractivity contribution in [2.24, 2.45) is 0 Å². The molecule has 5 heteroatoms. The lowest BCUT2D eigenvalue weighted by atomic mass is 9.98. The average Bonchev–Trinajstić information content (AvgIpc) is 2.79. The molecule has 3 aromatic rings. The summed E-state index contributed by atoms with van der Waals surface area (Å²) in [5.74, 6) is 1.44. The lowest BCUT2D eigenvalue weighted by Crippen LogP contribution is -2.28. The first-order valence-electron chi connectivity index (χ1n) is 10.4. The number of benzene rings is 2. The fourth-order valence-electron chi connectivity index (χ4n) is 3.53. The number of pyridine rings is 1. The zero-order chi connectivity index (χ0) is 21.6. The molecule has 0 spiro atoms. The third-order valence-corrected chi connectivity index (χ3v) is 5.28. The highest BCUT2D eigenvalue weighted by Crippen LogP contribution is 2.32. The van der Waals surface area contributed by atoms with E-state index in [0.717, 1.165) is 40.1 Å². The predicted octanol–water partition coefficient (Wildman–Crippen LogP) is 4.88. The highest BCUT2D eigenvalue weighted by molar-refractivity contribution is 5.80. The van der Waals surface area contributed by atoms with Gasteiger partial charge in [0.15, 0.2) is 0 Å². The van der Waals surface area contributed by atoms with E-state index in [1.54, 1.807) is 6.20 Å². The van der Waals surface area contributed by atoms with Crippen LogP contribution in [0, 0.1) is 0 Å². The highest BCUT2D eigenvalue weighted by Gasteiger charge is 2.16. The van der Waals surface area contributed by atoms with Crippen LogP contribution in [0.2, 0.25) is 0 Å². The maximum Gasteiger partial charge on any atom is 0.224 e. The van der Waals surface area contributed by atoms with Crippen LogP contribution in [0.3, 0.4) is 0 Å². The van der Waals surface area contributed by atoms with Crippen LogP contribution in [0.15, 0.2) is 73.4 Å². The van der Waals surface area contributed by atoms with E-state index in [1.165, 1.54) is 0 Å². The molecule has 31 heavy (non-hydrogen) atoms. The van der Waals surface area contributed by atoms with Crippen molar-refractivity contribution in [2.45, 2.75) is 32.4 Å². The van der Waals surface area contributed by atoms with Crippen molar-refractivity contribution in [3.8, 4) is 11.5 Å². The van der Waals surface area contributed by atoms with Gasteiger partial charge in [-0.25, -0.2) is 0 Å². The van der Waals surface area contributed by atoms with Crippen LogP contribution in [-0.4, -0.2) is 17.5 Å². The zero-order valence-electron chi connectivity index (χ0n) is 17.6. The monoisotopic (exact) mass is 414 g/mol. The van der Waals surface area contributed by atoms with Crippen LogP contribution >= 0.6 is 0 Å². The Morgan fingerprint density at radius 1 is 1.16 bits per heavy atom. The van der Waals surface area contributed by atoms with E-state index < -0.39 is 0 Å². The average molecular weight is 415 g/mol. The Morgan fingerprint density at radius 3 is 2.77 bits per heavy atom. The van der Waals surface area contributed by atoms with Gasteiger partial charge in [0.25, 0.3) is 0 Å². The molecule has 5 nitrogen and oxygen atoms in total. The molecule has 2 heterocycles. The molecule has 0 radical (unpaired) electrons. The minimum absolute atomic E-state index is 0.0618. The molecular formula is C26H26N2O3. The molecule has 0 bridgehead atoms. The largest absolute Gasteiger partial charge is 0.493 e. The molecule has 1 aliphatic heterocycles. The number of hydrogen-bond acceptors (Lipinski definition) is 4. The van der Waals surface area contributed by atoms with Crippen LogP contribution in [0.4, 0.5) is 0 Å². The molecule has 158 valence electrons. The van der Waals surface area contributed by atoms with Gasteiger partial charge < -0.3 is 14.8 Å². The molecule has 2 aromatic carbocycles. The first kappa shape index (κ1) is 20.7. The number of carbonyl (C=O) groups is 1. The number of amides is 1. The van der Waals surface area contributed by atoms with Crippen LogP contribution in [-0.2, 0) is 17.8 Å². The molecule has 0 saturated carbocycles. The molecule has 1 atom stereocenters. The number of hydrogen-bond donors (Lipinski definition) is 1. The second-order valence-electron chi connectivity index (χ2n) is 7.69. The predicted molar refractivity (Wildman–Crippen MR) is 121 cm³/mol. The van der Waals surface area contributed by atoms with E-state index in [0.29, 0.717) is 19.0 Å². The third kappa shape index (κ3) is 5.31. The molecule has 1 aromatic heterocycles. The minimum atomic E-state index is -0.204. The van der Waals surface area contributed by atoms with E-state index in [9.17, 15) is 4.79 Å². The Labute approximate surface area is 182 Å². The highest BCUT2D eigenvalue weighted by atomic mass is 16.5. The Kier molecular flexibility index (Phi) is 6.32. The van der Waals surface area contributed by atoms with Crippen LogP contribution in [0.1, 0.15) is 41.8 Å². The third-order valence-electron chi connectivity index (χ3n) is 5.28. The van der Waals surface area contributed by atoms with Crippen molar-refractivity contribution in [1.82, 2.24) is 10.3 Å². The summed E-state index contributed by atoms with van der Waals surface area (Å²) in [7, 11) is 0. The second-order valence-corrected chi connectivity index (χ2v) is 7.69. The lowest BCUT2D eigenvalue weighted by Gasteiger charge is -2.20. The maximum absolute atomic E-state index is 12.5. The summed E-state index contributed by atoms with van der Waals surface area (Å²) in [5, 5.41) is 3.01. The smallest absolute Gasteiger partial charge is 0.224 e. The topological polar surface area (TPSA) is 60.5 Å². The number of carbonyl (C=O) groups excluding carboxylic acids is 1. The molecule has 0 saturated heterocycles. The Morgan fingerprint density at radius 2 is 2.00 bits per heavy atom. The van der Waals surface area contributed by atoms with Gasteiger partial charge in [0, 0.05) is 12.0 Å². The normalized spacial score (nSPS) is 13.6. The second kappa shape index (κ2) is 9.47. The number of nitrogens with one attached hydrogen (secondary N) is 1. The van der Waals surface area contributed by atoms with E-state index in [-0.39, 0.29) is 18.4 Å².